The highest BCUT2D eigenvalue weighted by Crippen LogP contribution is 2.16. The molecule has 212 valence electrons. The number of nitrogens with zero attached hydrogens (tertiary/aromatic N) is 4. The van der Waals surface area contributed by atoms with Crippen molar-refractivity contribution in [1.29, 1.82) is 0 Å². The van der Waals surface area contributed by atoms with Gasteiger partial charge in [-0.3, -0.25) is 0 Å². The molecule has 0 radical (unpaired) electrons. The zero-order valence-electron chi connectivity index (χ0n) is 25.0. The Hall–Kier alpha value is -2.62. The van der Waals surface area contributed by atoms with E-state index < -0.39 is 0 Å². The quantitative estimate of drug-likeness (QED) is 0.0803. The molecule has 2 heterocycles. The molecule has 0 N–H and O–H groups in total. The Morgan fingerprint density at radius 2 is 0.821 bits per heavy atom. The Morgan fingerprint density at radius 3 is 1.23 bits per heavy atom. The average molecular weight is 531 g/mol. The summed E-state index contributed by atoms with van der Waals surface area (Å²) in [6, 6.07) is 17.9. The zero-order valence-corrected chi connectivity index (χ0v) is 25.0. The fourth-order valence-corrected chi connectivity index (χ4v) is 6.07. The maximum atomic E-state index is 2.49. The van der Waals surface area contributed by atoms with Gasteiger partial charge in [0.2, 0.25) is 12.7 Å². The molecule has 4 nitrogen and oxygen atoms in total. The van der Waals surface area contributed by atoms with Gasteiger partial charge in [-0.15, -0.1) is 0 Å². The molecule has 0 unspecified atom stereocenters. The summed E-state index contributed by atoms with van der Waals surface area (Å²) in [6.07, 6.45) is 25.2. The number of rotatable bonds is 20. The molecule has 0 saturated carbocycles. The summed E-state index contributed by atoms with van der Waals surface area (Å²) in [5.74, 6) is 0. The van der Waals surface area contributed by atoms with Gasteiger partial charge in [-0.25, -0.2) is 18.3 Å². The number of unbranched alkanes of at least 4 members (excludes halogenated alkanes) is 13. The predicted molar refractivity (Wildman–Crippen MR) is 165 cm³/mol. The van der Waals surface area contributed by atoms with E-state index in [2.05, 4.69) is 93.3 Å². The lowest BCUT2D eigenvalue weighted by Gasteiger charge is -2.01. The van der Waals surface area contributed by atoms with Crippen molar-refractivity contribution < 1.29 is 9.13 Å². The van der Waals surface area contributed by atoms with Gasteiger partial charge < -0.3 is 0 Å². The number of benzene rings is 2. The Labute approximate surface area is 237 Å². The summed E-state index contributed by atoms with van der Waals surface area (Å²) in [6.45, 7) is 8.80. The predicted octanol–water partition coefficient (Wildman–Crippen LogP) is 8.76. The van der Waals surface area contributed by atoms with E-state index in [4.69, 9.17) is 0 Å². The lowest BCUT2D eigenvalue weighted by molar-refractivity contribution is -0.673. The van der Waals surface area contributed by atoms with E-state index in [1.165, 1.54) is 118 Å². The first-order valence-electron chi connectivity index (χ1n) is 16.3. The normalized spacial score (nSPS) is 11.7. The topological polar surface area (TPSA) is 17.6 Å². The van der Waals surface area contributed by atoms with Gasteiger partial charge in [0.05, 0.1) is 13.1 Å². The first-order chi connectivity index (χ1) is 19.3. The number of aromatic nitrogens is 4. The second-order valence-electron chi connectivity index (χ2n) is 11.6. The van der Waals surface area contributed by atoms with E-state index in [9.17, 15) is 0 Å². The molecule has 0 atom stereocenters. The van der Waals surface area contributed by atoms with Crippen molar-refractivity contribution in [3.8, 4) is 0 Å². The fourth-order valence-electron chi connectivity index (χ4n) is 6.07. The fraction of sp³-hybridized carbons (Fsp3) is 0.600. The highest BCUT2D eigenvalue weighted by atomic mass is 15.2. The van der Waals surface area contributed by atoms with Crippen LogP contribution in [0.4, 0.5) is 0 Å². The highest BCUT2D eigenvalue weighted by Gasteiger charge is 2.19. The van der Waals surface area contributed by atoms with Crippen LogP contribution in [0.5, 0.6) is 0 Å². The first-order valence-corrected chi connectivity index (χ1v) is 16.3. The second kappa shape index (κ2) is 16.5. The lowest BCUT2D eigenvalue weighted by atomic mass is 10.1. The van der Waals surface area contributed by atoms with Crippen LogP contribution in [0, 0.1) is 0 Å². The van der Waals surface area contributed by atoms with Gasteiger partial charge in [0.1, 0.15) is 13.1 Å². The summed E-state index contributed by atoms with van der Waals surface area (Å²) >= 11 is 0. The van der Waals surface area contributed by atoms with E-state index >= 15 is 0 Å². The summed E-state index contributed by atoms with van der Waals surface area (Å²) in [4.78, 5) is 0. The molecular formula is C35H54N4+2. The number of aryl methyl sites for hydroxylation is 4. The molecule has 4 rings (SSSR count). The van der Waals surface area contributed by atoms with E-state index in [0.29, 0.717) is 0 Å². The largest absolute Gasteiger partial charge is 0.244 e. The molecule has 39 heavy (non-hydrogen) atoms. The van der Waals surface area contributed by atoms with Gasteiger partial charge in [-0.1, -0.05) is 109 Å². The molecule has 0 fully saturated rings. The van der Waals surface area contributed by atoms with Gasteiger partial charge >= 0.3 is 0 Å². The Balaban J connectivity index is 1.34. The molecule has 0 aliphatic carbocycles. The highest BCUT2D eigenvalue weighted by molar-refractivity contribution is 5.72. The van der Waals surface area contributed by atoms with Gasteiger partial charge in [0.15, 0.2) is 22.1 Å². The van der Waals surface area contributed by atoms with Gasteiger partial charge in [-0.2, -0.15) is 0 Å². The number of imidazole rings is 2. The minimum absolute atomic E-state index is 0.987. The molecular weight excluding hydrogens is 476 g/mol. The molecule has 2 aromatic heterocycles. The Kier molecular flexibility index (Phi) is 12.4. The van der Waals surface area contributed by atoms with E-state index in [1.807, 2.05) is 0 Å². The van der Waals surface area contributed by atoms with Crippen molar-refractivity contribution in [3.63, 3.8) is 0 Å². The van der Waals surface area contributed by atoms with Crippen molar-refractivity contribution in [2.75, 3.05) is 0 Å². The summed E-state index contributed by atoms with van der Waals surface area (Å²) in [5, 5.41) is 0. The average Bonchev–Trinajstić information content (AvgIpc) is 3.51. The Bertz CT molecular complexity index is 1230. The maximum absolute atomic E-state index is 2.49. The number of para-hydroxylation sites is 4. The van der Waals surface area contributed by atoms with E-state index in [-0.39, 0.29) is 0 Å². The van der Waals surface area contributed by atoms with Crippen LogP contribution in [0.3, 0.4) is 0 Å². The monoisotopic (exact) mass is 530 g/mol. The van der Waals surface area contributed by atoms with Gasteiger partial charge in [-0.05, 0) is 49.9 Å². The van der Waals surface area contributed by atoms with E-state index in [0.717, 1.165) is 26.2 Å². The summed E-state index contributed by atoms with van der Waals surface area (Å²) < 4.78 is 9.90. The third kappa shape index (κ3) is 8.68. The van der Waals surface area contributed by atoms with Crippen molar-refractivity contribution in [1.82, 2.24) is 9.13 Å². The van der Waals surface area contributed by atoms with Crippen LogP contribution in [-0.4, -0.2) is 9.13 Å². The lowest BCUT2D eigenvalue weighted by Crippen LogP contribution is -2.32. The molecule has 0 amide bonds. The molecule has 4 heteroatoms. The van der Waals surface area contributed by atoms with Crippen LogP contribution in [0.15, 0.2) is 61.2 Å². The van der Waals surface area contributed by atoms with Crippen molar-refractivity contribution in [2.45, 2.75) is 136 Å². The molecule has 0 saturated heterocycles. The van der Waals surface area contributed by atoms with Crippen LogP contribution in [-0.2, 0) is 26.2 Å². The smallest absolute Gasteiger partial charge is 0.230 e. The van der Waals surface area contributed by atoms with Crippen LogP contribution >= 0.6 is 0 Å². The first kappa shape index (κ1) is 29.4. The summed E-state index contributed by atoms with van der Waals surface area (Å²) in [5.41, 5.74) is 5.44. The SMILES string of the molecule is CCCCCCCCCC[n+]1cn(CCn2c[n+](CCCCCCCCC)c3ccccc32)c2ccccc21. The standard InChI is InChI=1S/C35H54N4/c1-3-5-7-9-11-13-15-21-27-37-31-39(35-25-19-17-23-33(35)37)29-28-38-30-36(32-22-16-18-24-34(32)38)26-20-14-12-10-8-6-4-2/h16-19,22-25,30-31H,3-15,20-21,26-29H2,1-2H3/q+2. The van der Waals surface area contributed by atoms with Crippen LogP contribution in [0.2, 0.25) is 0 Å². The van der Waals surface area contributed by atoms with Crippen LogP contribution in [0.1, 0.15) is 110 Å². The van der Waals surface area contributed by atoms with Crippen molar-refractivity contribution in [2.24, 2.45) is 0 Å². The van der Waals surface area contributed by atoms with Crippen molar-refractivity contribution in [3.05, 3.63) is 61.2 Å². The molecule has 4 aromatic rings. The van der Waals surface area contributed by atoms with Gasteiger partial charge in [0.25, 0.3) is 0 Å². The minimum atomic E-state index is 0.987. The molecule has 0 bridgehead atoms. The maximum Gasteiger partial charge on any atom is 0.244 e. The van der Waals surface area contributed by atoms with E-state index in [1.54, 1.807) is 0 Å². The van der Waals surface area contributed by atoms with Crippen molar-refractivity contribution >= 4 is 22.1 Å². The molecule has 0 aliphatic rings. The number of hydrogen-bond donors (Lipinski definition) is 0. The van der Waals surface area contributed by atoms with Crippen LogP contribution in [0.25, 0.3) is 22.1 Å². The third-order valence-corrected chi connectivity index (χ3v) is 8.40. The summed E-state index contributed by atoms with van der Waals surface area (Å²) in [7, 11) is 0. The Morgan fingerprint density at radius 1 is 0.462 bits per heavy atom. The number of fused-ring (bicyclic) bond motifs is 2. The second-order valence-corrected chi connectivity index (χ2v) is 11.6. The zero-order chi connectivity index (χ0) is 27.1. The van der Waals surface area contributed by atoms with Gasteiger partial charge in [0, 0.05) is 0 Å². The molecule has 0 spiro atoms. The number of hydrogen-bond acceptors (Lipinski definition) is 0. The third-order valence-electron chi connectivity index (χ3n) is 8.40. The van der Waals surface area contributed by atoms with Crippen LogP contribution < -0.4 is 9.13 Å². The molecule has 2 aromatic carbocycles. The molecule has 0 aliphatic heterocycles. The minimum Gasteiger partial charge on any atom is -0.230 e.